The third kappa shape index (κ3) is 3.37. The van der Waals surface area contributed by atoms with E-state index in [9.17, 15) is 22.4 Å². The molecule has 0 N–H and O–H groups in total. The van der Waals surface area contributed by atoms with Gasteiger partial charge in [-0.05, 0) is 26.0 Å². The monoisotopic (exact) mass is 289 g/mol. The third-order valence-electron chi connectivity index (χ3n) is 2.74. The largest absolute Gasteiger partial charge is 0.419 e. The van der Waals surface area contributed by atoms with Crippen molar-refractivity contribution in [1.82, 2.24) is 4.90 Å². The second-order valence-electron chi connectivity index (χ2n) is 4.50. The van der Waals surface area contributed by atoms with Crippen molar-refractivity contribution in [2.45, 2.75) is 26.1 Å². The van der Waals surface area contributed by atoms with Crippen LogP contribution in [0.3, 0.4) is 0 Å². The Bertz CT molecular complexity index is 508. The molecule has 0 saturated heterocycles. The first-order valence-electron chi connectivity index (χ1n) is 5.97. The van der Waals surface area contributed by atoms with Crippen LogP contribution in [0, 0.1) is 5.82 Å². The highest BCUT2D eigenvalue weighted by atomic mass is 19.4. The van der Waals surface area contributed by atoms with E-state index in [4.69, 9.17) is 0 Å². The lowest BCUT2D eigenvalue weighted by atomic mass is 10.1. The molecule has 1 aromatic rings. The van der Waals surface area contributed by atoms with Crippen molar-refractivity contribution in [1.29, 1.82) is 0 Å². The van der Waals surface area contributed by atoms with E-state index < -0.39 is 29.0 Å². The van der Waals surface area contributed by atoms with E-state index in [1.807, 2.05) is 0 Å². The van der Waals surface area contributed by atoms with Gasteiger partial charge in [0.1, 0.15) is 5.82 Å². The van der Waals surface area contributed by atoms with Crippen LogP contribution in [0.25, 0.3) is 0 Å². The molecular weight excluding hydrogens is 274 g/mol. The fourth-order valence-electron chi connectivity index (χ4n) is 1.74. The van der Waals surface area contributed by atoms with Crippen molar-refractivity contribution in [2.24, 2.45) is 0 Å². The second-order valence-corrected chi connectivity index (χ2v) is 4.50. The summed E-state index contributed by atoms with van der Waals surface area (Å²) in [6, 6.07) is 2.39. The van der Waals surface area contributed by atoms with Crippen LogP contribution in [0.2, 0.25) is 0 Å². The van der Waals surface area contributed by atoms with Gasteiger partial charge >= 0.3 is 6.18 Å². The number of halogens is 4. The van der Waals surface area contributed by atoms with Crippen LogP contribution in [0.4, 0.5) is 17.6 Å². The molecule has 0 aliphatic heterocycles. The van der Waals surface area contributed by atoms with E-state index >= 15 is 0 Å². The van der Waals surface area contributed by atoms with Gasteiger partial charge in [-0.3, -0.25) is 4.79 Å². The van der Waals surface area contributed by atoms with Gasteiger partial charge in [-0.25, -0.2) is 4.39 Å². The maximum Gasteiger partial charge on any atom is 0.419 e. The van der Waals surface area contributed by atoms with Crippen molar-refractivity contribution >= 4 is 5.91 Å². The number of amides is 1. The highest BCUT2D eigenvalue weighted by Gasteiger charge is 2.36. The lowest BCUT2D eigenvalue weighted by Crippen LogP contribution is -2.37. The van der Waals surface area contributed by atoms with Crippen LogP contribution >= 0.6 is 0 Å². The molecule has 1 aromatic carbocycles. The number of nitrogens with zero attached hydrogens (tertiary/aromatic N) is 1. The fourth-order valence-corrected chi connectivity index (χ4v) is 1.74. The predicted molar refractivity (Wildman–Crippen MR) is 67.8 cm³/mol. The van der Waals surface area contributed by atoms with E-state index in [1.54, 1.807) is 13.8 Å². The van der Waals surface area contributed by atoms with Gasteiger partial charge in [0, 0.05) is 12.6 Å². The molecule has 6 heteroatoms. The van der Waals surface area contributed by atoms with Gasteiger partial charge in [0.25, 0.3) is 5.91 Å². The first-order chi connectivity index (χ1) is 9.20. The molecule has 0 spiro atoms. The lowest BCUT2D eigenvalue weighted by Gasteiger charge is -2.26. The van der Waals surface area contributed by atoms with Crippen LogP contribution in [0.5, 0.6) is 0 Å². The van der Waals surface area contributed by atoms with E-state index in [-0.39, 0.29) is 12.6 Å². The van der Waals surface area contributed by atoms with Crippen molar-refractivity contribution < 1.29 is 22.4 Å². The number of benzene rings is 1. The molecule has 0 unspecified atom stereocenters. The van der Waals surface area contributed by atoms with Gasteiger partial charge in [-0.15, -0.1) is 6.58 Å². The van der Waals surface area contributed by atoms with Gasteiger partial charge in [-0.1, -0.05) is 12.1 Å². The Kier molecular flexibility index (Phi) is 4.92. The molecule has 0 aliphatic rings. The lowest BCUT2D eigenvalue weighted by molar-refractivity contribution is -0.140. The zero-order valence-corrected chi connectivity index (χ0v) is 11.2. The molecule has 0 atom stereocenters. The molecule has 0 aliphatic carbocycles. The quantitative estimate of drug-likeness (QED) is 0.608. The summed E-state index contributed by atoms with van der Waals surface area (Å²) >= 11 is 0. The summed E-state index contributed by atoms with van der Waals surface area (Å²) in [4.78, 5) is 13.4. The Balaban J connectivity index is 3.26. The minimum Gasteiger partial charge on any atom is -0.332 e. The molecule has 110 valence electrons. The topological polar surface area (TPSA) is 20.3 Å². The number of hydrogen-bond donors (Lipinski definition) is 0. The van der Waals surface area contributed by atoms with E-state index in [0.717, 1.165) is 12.1 Å². The SMILES string of the molecule is C=CCN(C(=O)c1cccc(C(F)(F)F)c1F)C(C)C. The van der Waals surface area contributed by atoms with Gasteiger partial charge < -0.3 is 4.90 Å². The number of alkyl halides is 3. The number of carbonyl (C=O) groups is 1. The number of carbonyl (C=O) groups excluding carboxylic acids is 1. The summed E-state index contributed by atoms with van der Waals surface area (Å²) in [7, 11) is 0. The maximum atomic E-state index is 13.9. The molecule has 0 aromatic heterocycles. The zero-order chi connectivity index (χ0) is 15.5. The standard InChI is InChI=1S/C14H15F4NO/c1-4-8-19(9(2)3)13(20)10-6-5-7-11(12(10)15)14(16,17)18/h4-7,9H,1,8H2,2-3H3. The molecule has 0 bridgehead atoms. The molecule has 0 fully saturated rings. The van der Waals surface area contributed by atoms with Crippen LogP contribution < -0.4 is 0 Å². The summed E-state index contributed by atoms with van der Waals surface area (Å²) in [6.45, 7) is 6.98. The summed E-state index contributed by atoms with van der Waals surface area (Å²) in [5.74, 6) is -2.33. The molecular formula is C14H15F4NO. The Hall–Kier alpha value is -1.85. The Morgan fingerprint density at radius 1 is 1.40 bits per heavy atom. The molecule has 0 radical (unpaired) electrons. The minimum absolute atomic E-state index is 0.131. The zero-order valence-electron chi connectivity index (χ0n) is 11.2. The second kappa shape index (κ2) is 6.07. The Morgan fingerprint density at radius 2 is 2.00 bits per heavy atom. The van der Waals surface area contributed by atoms with Crippen LogP contribution in [-0.2, 0) is 6.18 Å². The smallest absolute Gasteiger partial charge is 0.332 e. The number of rotatable bonds is 4. The predicted octanol–water partition coefficient (Wildman–Crippen LogP) is 3.88. The summed E-state index contributed by atoms with van der Waals surface area (Å²) in [6.07, 6.45) is -3.40. The van der Waals surface area contributed by atoms with E-state index in [1.165, 1.54) is 11.0 Å². The molecule has 20 heavy (non-hydrogen) atoms. The summed E-state index contributed by atoms with van der Waals surface area (Å²) in [5, 5.41) is 0. The third-order valence-corrected chi connectivity index (χ3v) is 2.74. The molecule has 1 rings (SSSR count). The van der Waals surface area contributed by atoms with Gasteiger partial charge in [-0.2, -0.15) is 13.2 Å². The fraction of sp³-hybridized carbons (Fsp3) is 0.357. The van der Waals surface area contributed by atoms with Crippen LogP contribution in [-0.4, -0.2) is 23.4 Å². The highest BCUT2D eigenvalue weighted by Crippen LogP contribution is 2.32. The first-order valence-corrected chi connectivity index (χ1v) is 5.97. The summed E-state index contributed by atoms with van der Waals surface area (Å²) < 4.78 is 51.7. The average Bonchev–Trinajstić information content (AvgIpc) is 2.33. The molecule has 0 heterocycles. The van der Waals surface area contributed by atoms with Gasteiger partial charge in [0.15, 0.2) is 0 Å². The van der Waals surface area contributed by atoms with Crippen molar-refractivity contribution in [3.8, 4) is 0 Å². The summed E-state index contributed by atoms with van der Waals surface area (Å²) in [5.41, 5.74) is -2.03. The maximum absolute atomic E-state index is 13.9. The van der Waals surface area contributed by atoms with Crippen molar-refractivity contribution in [3.63, 3.8) is 0 Å². The van der Waals surface area contributed by atoms with E-state index in [2.05, 4.69) is 6.58 Å². The van der Waals surface area contributed by atoms with Crippen molar-refractivity contribution in [2.75, 3.05) is 6.54 Å². The molecule has 0 saturated carbocycles. The van der Waals surface area contributed by atoms with Crippen LogP contribution in [0.15, 0.2) is 30.9 Å². The van der Waals surface area contributed by atoms with Crippen LogP contribution in [0.1, 0.15) is 29.8 Å². The number of hydrogen-bond acceptors (Lipinski definition) is 1. The van der Waals surface area contributed by atoms with E-state index in [0.29, 0.717) is 6.07 Å². The first kappa shape index (κ1) is 16.2. The highest BCUT2D eigenvalue weighted by molar-refractivity contribution is 5.95. The normalized spacial score (nSPS) is 11.6. The minimum atomic E-state index is -4.83. The van der Waals surface area contributed by atoms with Crippen molar-refractivity contribution in [3.05, 3.63) is 47.8 Å². The Labute approximate surface area is 114 Å². The average molecular weight is 289 g/mol. The van der Waals surface area contributed by atoms with Gasteiger partial charge in [0.2, 0.25) is 0 Å². The molecule has 1 amide bonds. The van der Waals surface area contributed by atoms with Gasteiger partial charge in [0.05, 0.1) is 11.1 Å². The Morgan fingerprint density at radius 3 is 2.45 bits per heavy atom. The molecule has 2 nitrogen and oxygen atoms in total.